The second-order valence-corrected chi connectivity index (χ2v) is 5.47. The van der Waals surface area contributed by atoms with E-state index in [0.717, 1.165) is 5.69 Å². The van der Waals surface area contributed by atoms with Gasteiger partial charge in [0.25, 0.3) is 0 Å². The maximum absolute atomic E-state index is 12.4. The largest absolute Gasteiger partial charge is 0.480 e. The Morgan fingerprint density at radius 3 is 2.83 bits per heavy atom. The molecule has 1 saturated heterocycles. The highest BCUT2D eigenvalue weighted by atomic mass is 16.5. The smallest absolute Gasteiger partial charge is 0.328 e. The summed E-state index contributed by atoms with van der Waals surface area (Å²) in [5.74, 6) is -0.599. The Morgan fingerprint density at radius 1 is 1.29 bits per heavy atom. The predicted molar refractivity (Wildman–Crippen MR) is 83.6 cm³/mol. The Kier molecular flexibility index (Phi) is 4.85. The van der Waals surface area contributed by atoms with Crippen LogP contribution in [0.15, 0.2) is 36.7 Å². The topological polar surface area (TPSA) is 97.6 Å². The number of hydrogen-bond acceptors (Lipinski definition) is 5. The molecule has 1 aromatic carbocycles. The minimum atomic E-state index is -1.05. The molecule has 1 aliphatic heterocycles. The maximum atomic E-state index is 12.4. The number of benzene rings is 1. The number of carbonyl (C=O) groups is 2. The number of amides is 1. The number of aliphatic carboxylic acids is 1. The highest BCUT2D eigenvalue weighted by molar-refractivity contribution is 5.84. The van der Waals surface area contributed by atoms with Crippen molar-refractivity contribution in [3.05, 3.63) is 42.5 Å². The first kappa shape index (κ1) is 16.1. The summed E-state index contributed by atoms with van der Waals surface area (Å²) in [6, 6.07) is 8.68. The molecule has 0 spiro atoms. The van der Waals surface area contributed by atoms with Gasteiger partial charge in [-0.1, -0.05) is 18.2 Å². The van der Waals surface area contributed by atoms with Crippen molar-refractivity contribution in [1.82, 2.24) is 19.7 Å². The fourth-order valence-electron chi connectivity index (χ4n) is 2.70. The number of morpholine rings is 1. The van der Waals surface area contributed by atoms with E-state index in [4.69, 9.17) is 4.74 Å². The highest BCUT2D eigenvalue weighted by Crippen LogP contribution is 2.13. The van der Waals surface area contributed by atoms with Crippen molar-refractivity contribution in [2.75, 3.05) is 19.8 Å². The van der Waals surface area contributed by atoms with E-state index in [1.165, 1.54) is 4.90 Å². The van der Waals surface area contributed by atoms with Gasteiger partial charge in [0.2, 0.25) is 5.91 Å². The Labute approximate surface area is 138 Å². The number of aryl methyl sites for hydroxylation is 1. The molecule has 1 fully saturated rings. The van der Waals surface area contributed by atoms with Gasteiger partial charge in [-0.2, -0.15) is 0 Å². The third kappa shape index (κ3) is 3.43. The molecule has 1 aliphatic rings. The zero-order valence-corrected chi connectivity index (χ0v) is 13.0. The number of ether oxygens (including phenoxy) is 1. The first-order valence-corrected chi connectivity index (χ1v) is 7.71. The number of carboxylic acid groups (broad SMARTS) is 1. The van der Waals surface area contributed by atoms with Crippen molar-refractivity contribution in [3.8, 4) is 5.69 Å². The normalized spacial score (nSPS) is 17.7. The maximum Gasteiger partial charge on any atom is 0.328 e. The lowest BCUT2D eigenvalue weighted by molar-refractivity contribution is -0.158. The lowest BCUT2D eigenvalue weighted by Gasteiger charge is -2.32. The Balaban J connectivity index is 1.67. The predicted octanol–water partition coefficient (Wildman–Crippen LogP) is 0.512. The average Bonchev–Trinajstić information content (AvgIpc) is 3.09. The monoisotopic (exact) mass is 330 g/mol. The number of aromatic nitrogens is 3. The Hall–Kier alpha value is -2.74. The van der Waals surface area contributed by atoms with E-state index in [0.29, 0.717) is 25.4 Å². The van der Waals surface area contributed by atoms with Gasteiger partial charge in [-0.25, -0.2) is 4.79 Å². The molecule has 0 unspecified atom stereocenters. The number of hydrogen-bond donors (Lipinski definition) is 1. The molecule has 0 saturated carbocycles. The molecule has 1 aromatic heterocycles. The Morgan fingerprint density at radius 2 is 2.08 bits per heavy atom. The number of para-hydroxylation sites is 1. The van der Waals surface area contributed by atoms with Gasteiger partial charge in [-0.15, -0.1) is 10.2 Å². The number of carboxylic acids is 1. The fourth-order valence-corrected chi connectivity index (χ4v) is 2.70. The zero-order valence-electron chi connectivity index (χ0n) is 13.0. The molecule has 24 heavy (non-hydrogen) atoms. The van der Waals surface area contributed by atoms with Crippen molar-refractivity contribution < 1.29 is 19.4 Å². The lowest BCUT2D eigenvalue weighted by atomic mass is 10.2. The summed E-state index contributed by atoms with van der Waals surface area (Å²) in [5.41, 5.74) is 0.916. The van der Waals surface area contributed by atoms with E-state index in [9.17, 15) is 14.7 Å². The Bertz CT molecular complexity index is 716. The molecule has 126 valence electrons. The SMILES string of the molecule is O=C(O)[C@H]1COCCN1C(=O)CCc1nncn1-c1ccccc1. The summed E-state index contributed by atoms with van der Waals surface area (Å²) in [5, 5.41) is 17.2. The molecule has 1 N–H and O–H groups in total. The molecule has 1 atom stereocenters. The van der Waals surface area contributed by atoms with E-state index in [1.807, 2.05) is 34.9 Å². The van der Waals surface area contributed by atoms with Gasteiger partial charge in [0.1, 0.15) is 12.2 Å². The average molecular weight is 330 g/mol. The van der Waals surface area contributed by atoms with Gasteiger partial charge < -0.3 is 14.7 Å². The molecule has 3 rings (SSSR count). The number of carbonyl (C=O) groups excluding carboxylic acids is 1. The van der Waals surface area contributed by atoms with Gasteiger partial charge in [0.05, 0.1) is 13.2 Å². The minimum absolute atomic E-state index is 0.0290. The van der Waals surface area contributed by atoms with Gasteiger partial charge in [-0.05, 0) is 12.1 Å². The molecule has 2 aromatic rings. The van der Waals surface area contributed by atoms with Crippen molar-refractivity contribution in [2.24, 2.45) is 0 Å². The van der Waals surface area contributed by atoms with Crippen molar-refractivity contribution >= 4 is 11.9 Å². The molecule has 0 bridgehead atoms. The second kappa shape index (κ2) is 7.22. The standard InChI is InChI=1S/C16H18N4O4/c21-15(19-8-9-24-10-13(19)16(22)23)7-6-14-18-17-11-20(14)12-4-2-1-3-5-12/h1-5,11,13H,6-10H2,(H,22,23)/t13-/m1/s1. The number of nitrogens with zero attached hydrogens (tertiary/aromatic N) is 4. The van der Waals surface area contributed by atoms with Crippen LogP contribution in [0.3, 0.4) is 0 Å². The fraction of sp³-hybridized carbons (Fsp3) is 0.375. The molecular weight excluding hydrogens is 312 g/mol. The van der Waals surface area contributed by atoms with Gasteiger partial charge in [-0.3, -0.25) is 9.36 Å². The molecule has 0 radical (unpaired) electrons. The van der Waals surface area contributed by atoms with Gasteiger partial charge in [0, 0.05) is 25.1 Å². The van der Waals surface area contributed by atoms with Crippen molar-refractivity contribution in [1.29, 1.82) is 0 Å². The lowest BCUT2D eigenvalue weighted by Crippen LogP contribution is -2.52. The third-order valence-corrected chi connectivity index (χ3v) is 3.95. The van der Waals surface area contributed by atoms with Crippen LogP contribution < -0.4 is 0 Å². The van der Waals surface area contributed by atoms with Crippen LogP contribution in [-0.4, -0.2) is 62.4 Å². The van der Waals surface area contributed by atoms with Crippen LogP contribution in [0.1, 0.15) is 12.2 Å². The zero-order chi connectivity index (χ0) is 16.9. The van der Waals surface area contributed by atoms with Gasteiger partial charge in [0.15, 0.2) is 6.04 Å². The van der Waals surface area contributed by atoms with Crippen molar-refractivity contribution in [2.45, 2.75) is 18.9 Å². The summed E-state index contributed by atoms with van der Waals surface area (Å²) in [7, 11) is 0. The summed E-state index contributed by atoms with van der Waals surface area (Å²) >= 11 is 0. The van der Waals surface area contributed by atoms with Crippen LogP contribution in [-0.2, 0) is 20.7 Å². The number of rotatable bonds is 5. The van der Waals surface area contributed by atoms with E-state index in [2.05, 4.69) is 10.2 Å². The van der Waals surface area contributed by atoms with Crippen LogP contribution >= 0.6 is 0 Å². The first-order chi connectivity index (χ1) is 11.7. The summed E-state index contributed by atoms with van der Waals surface area (Å²) in [6.45, 7) is 0.679. The van der Waals surface area contributed by atoms with E-state index >= 15 is 0 Å². The molecule has 8 nitrogen and oxygen atoms in total. The third-order valence-electron chi connectivity index (χ3n) is 3.95. The van der Waals surface area contributed by atoms with E-state index < -0.39 is 12.0 Å². The minimum Gasteiger partial charge on any atom is -0.480 e. The van der Waals surface area contributed by atoms with Crippen LogP contribution in [0.25, 0.3) is 5.69 Å². The van der Waals surface area contributed by atoms with E-state index in [-0.39, 0.29) is 18.9 Å². The molecule has 0 aliphatic carbocycles. The summed E-state index contributed by atoms with van der Waals surface area (Å²) in [6.07, 6.45) is 2.16. The van der Waals surface area contributed by atoms with E-state index in [1.54, 1.807) is 6.33 Å². The van der Waals surface area contributed by atoms with Crippen LogP contribution in [0.4, 0.5) is 0 Å². The van der Waals surface area contributed by atoms with Gasteiger partial charge >= 0.3 is 5.97 Å². The van der Waals surface area contributed by atoms with Crippen LogP contribution in [0, 0.1) is 0 Å². The second-order valence-electron chi connectivity index (χ2n) is 5.47. The molecule has 1 amide bonds. The van der Waals surface area contributed by atoms with Crippen molar-refractivity contribution in [3.63, 3.8) is 0 Å². The highest BCUT2D eigenvalue weighted by Gasteiger charge is 2.32. The van der Waals surface area contributed by atoms with Crippen LogP contribution in [0.2, 0.25) is 0 Å². The molecule has 2 heterocycles. The molecule has 8 heteroatoms. The first-order valence-electron chi connectivity index (χ1n) is 7.71. The quantitative estimate of drug-likeness (QED) is 0.858. The molecular formula is C16H18N4O4. The summed E-state index contributed by atoms with van der Waals surface area (Å²) < 4.78 is 6.97. The summed E-state index contributed by atoms with van der Waals surface area (Å²) in [4.78, 5) is 25.0. The van der Waals surface area contributed by atoms with Crippen LogP contribution in [0.5, 0.6) is 0 Å².